The van der Waals surface area contributed by atoms with Crippen molar-refractivity contribution < 1.29 is 0 Å². The first-order chi connectivity index (χ1) is 10.2. The van der Waals surface area contributed by atoms with Gasteiger partial charge in [0.2, 0.25) is 0 Å². The fraction of sp³-hybridized carbons (Fsp3) is 0.188. The molecule has 5 nitrogen and oxygen atoms in total. The van der Waals surface area contributed by atoms with Crippen molar-refractivity contribution in [3.8, 4) is 22.8 Å². The van der Waals surface area contributed by atoms with Crippen LogP contribution in [0.4, 0.5) is 0 Å². The van der Waals surface area contributed by atoms with Gasteiger partial charge in [0.05, 0.1) is 5.69 Å². The summed E-state index contributed by atoms with van der Waals surface area (Å²) in [7, 11) is 0. The van der Waals surface area contributed by atoms with Gasteiger partial charge in [0, 0.05) is 23.9 Å². The molecule has 1 aromatic carbocycles. The molecule has 0 fully saturated rings. The molecule has 0 radical (unpaired) electrons. The van der Waals surface area contributed by atoms with Gasteiger partial charge in [-0.2, -0.15) is 5.10 Å². The average Bonchev–Trinajstić information content (AvgIpc) is 2.99. The van der Waals surface area contributed by atoms with E-state index in [1.807, 2.05) is 48.0 Å². The van der Waals surface area contributed by atoms with Crippen LogP contribution < -0.4 is 5.56 Å². The highest BCUT2D eigenvalue weighted by molar-refractivity contribution is 5.65. The second-order valence-electron chi connectivity index (χ2n) is 4.79. The largest absolute Gasteiger partial charge is 0.305 e. The monoisotopic (exact) mass is 280 g/mol. The highest BCUT2D eigenvalue weighted by atomic mass is 16.1. The lowest BCUT2D eigenvalue weighted by atomic mass is 10.1. The van der Waals surface area contributed by atoms with Gasteiger partial charge in [-0.05, 0) is 19.9 Å². The van der Waals surface area contributed by atoms with Crippen molar-refractivity contribution in [1.82, 2.24) is 19.7 Å². The van der Waals surface area contributed by atoms with Crippen LogP contribution in [0.3, 0.4) is 0 Å². The van der Waals surface area contributed by atoms with Gasteiger partial charge >= 0.3 is 0 Å². The normalized spacial score (nSPS) is 10.8. The number of benzene rings is 1. The standard InChI is InChI=1S/C16H16N4O/c1-3-20-13(9-10-17-20)15-18-14(11(2)16(21)19-15)12-7-5-4-6-8-12/h4-10H,3H2,1-2H3,(H,18,19,21). The van der Waals surface area contributed by atoms with Gasteiger partial charge in [0.15, 0.2) is 5.82 Å². The summed E-state index contributed by atoms with van der Waals surface area (Å²) in [6, 6.07) is 11.6. The Bertz CT molecular complexity index is 818. The third kappa shape index (κ3) is 2.38. The fourth-order valence-electron chi connectivity index (χ4n) is 2.32. The molecule has 0 aliphatic rings. The van der Waals surface area contributed by atoms with E-state index in [1.54, 1.807) is 13.1 Å². The van der Waals surface area contributed by atoms with E-state index in [9.17, 15) is 4.79 Å². The van der Waals surface area contributed by atoms with Crippen molar-refractivity contribution in [2.24, 2.45) is 0 Å². The van der Waals surface area contributed by atoms with Gasteiger partial charge in [-0.3, -0.25) is 9.48 Å². The molecule has 0 saturated carbocycles. The molecule has 0 spiro atoms. The van der Waals surface area contributed by atoms with Crippen molar-refractivity contribution in [3.05, 3.63) is 58.5 Å². The average molecular weight is 280 g/mol. The second kappa shape index (κ2) is 5.36. The van der Waals surface area contributed by atoms with E-state index in [0.29, 0.717) is 17.1 Å². The summed E-state index contributed by atoms with van der Waals surface area (Å²) >= 11 is 0. The third-order valence-electron chi connectivity index (χ3n) is 3.46. The predicted octanol–water partition coefficient (Wildman–Crippen LogP) is 2.63. The minimum absolute atomic E-state index is 0.122. The maximum atomic E-state index is 12.2. The summed E-state index contributed by atoms with van der Waals surface area (Å²) in [6.07, 6.45) is 1.71. The minimum atomic E-state index is -0.122. The highest BCUT2D eigenvalue weighted by Gasteiger charge is 2.13. The molecule has 2 aromatic heterocycles. The topological polar surface area (TPSA) is 63.6 Å². The summed E-state index contributed by atoms with van der Waals surface area (Å²) in [5.41, 5.74) is 2.95. The number of H-pyrrole nitrogens is 1. The first-order valence-electron chi connectivity index (χ1n) is 6.89. The Balaban J connectivity index is 2.22. The van der Waals surface area contributed by atoms with Crippen LogP contribution in [0.25, 0.3) is 22.8 Å². The van der Waals surface area contributed by atoms with E-state index in [0.717, 1.165) is 17.8 Å². The predicted molar refractivity (Wildman–Crippen MR) is 81.9 cm³/mol. The summed E-state index contributed by atoms with van der Waals surface area (Å²) in [5, 5.41) is 4.22. The van der Waals surface area contributed by atoms with Crippen molar-refractivity contribution in [2.75, 3.05) is 0 Å². The Morgan fingerprint density at radius 1 is 1.19 bits per heavy atom. The lowest BCUT2D eigenvalue weighted by Crippen LogP contribution is -2.15. The molecule has 0 saturated heterocycles. The zero-order valence-corrected chi connectivity index (χ0v) is 12.0. The Morgan fingerprint density at radius 2 is 1.95 bits per heavy atom. The van der Waals surface area contributed by atoms with Crippen LogP contribution >= 0.6 is 0 Å². The van der Waals surface area contributed by atoms with Gasteiger partial charge in [-0.1, -0.05) is 30.3 Å². The maximum absolute atomic E-state index is 12.2. The van der Waals surface area contributed by atoms with Gasteiger partial charge in [0.25, 0.3) is 5.56 Å². The number of nitrogens with zero attached hydrogens (tertiary/aromatic N) is 3. The molecule has 1 N–H and O–H groups in total. The number of hydrogen-bond acceptors (Lipinski definition) is 3. The highest BCUT2D eigenvalue weighted by Crippen LogP contribution is 2.21. The molecule has 3 rings (SSSR count). The first-order valence-corrected chi connectivity index (χ1v) is 6.89. The number of hydrogen-bond donors (Lipinski definition) is 1. The summed E-state index contributed by atoms with van der Waals surface area (Å²) < 4.78 is 1.81. The lowest BCUT2D eigenvalue weighted by molar-refractivity contribution is 0.663. The van der Waals surface area contributed by atoms with Gasteiger partial charge in [-0.25, -0.2) is 4.98 Å². The van der Waals surface area contributed by atoms with Gasteiger partial charge < -0.3 is 4.98 Å². The molecule has 0 unspecified atom stereocenters. The quantitative estimate of drug-likeness (QED) is 0.802. The molecule has 106 valence electrons. The SMILES string of the molecule is CCn1nccc1-c1nc(-c2ccccc2)c(C)c(=O)[nH]1. The summed E-state index contributed by atoms with van der Waals surface area (Å²) in [4.78, 5) is 19.7. The third-order valence-corrected chi connectivity index (χ3v) is 3.46. The zero-order chi connectivity index (χ0) is 14.8. The molecule has 21 heavy (non-hydrogen) atoms. The van der Waals surface area contributed by atoms with Crippen LogP contribution in [0.15, 0.2) is 47.4 Å². The van der Waals surface area contributed by atoms with Crippen molar-refractivity contribution in [1.29, 1.82) is 0 Å². The van der Waals surface area contributed by atoms with Crippen LogP contribution in [-0.4, -0.2) is 19.7 Å². The van der Waals surface area contributed by atoms with Crippen molar-refractivity contribution in [2.45, 2.75) is 20.4 Å². The summed E-state index contributed by atoms with van der Waals surface area (Å²) in [5.74, 6) is 0.545. The van der Waals surface area contributed by atoms with E-state index in [1.165, 1.54) is 0 Å². The van der Waals surface area contributed by atoms with Crippen LogP contribution in [-0.2, 0) is 6.54 Å². The number of aromatic amines is 1. The van der Waals surface area contributed by atoms with Crippen LogP contribution in [0.1, 0.15) is 12.5 Å². The maximum Gasteiger partial charge on any atom is 0.254 e. The van der Waals surface area contributed by atoms with Gasteiger partial charge in [-0.15, -0.1) is 0 Å². The molecule has 0 bridgehead atoms. The van der Waals surface area contributed by atoms with Crippen molar-refractivity contribution in [3.63, 3.8) is 0 Å². The van der Waals surface area contributed by atoms with E-state index in [-0.39, 0.29) is 5.56 Å². The molecule has 0 aliphatic heterocycles. The van der Waals surface area contributed by atoms with E-state index >= 15 is 0 Å². The van der Waals surface area contributed by atoms with Crippen LogP contribution in [0, 0.1) is 6.92 Å². The number of aryl methyl sites for hydroxylation is 1. The second-order valence-corrected chi connectivity index (χ2v) is 4.79. The van der Waals surface area contributed by atoms with Crippen molar-refractivity contribution >= 4 is 0 Å². The van der Waals surface area contributed by atoms with Crippen LogP contribution in [0.5, 0.6) is 0 Å². The Kier molecular flexibility index (Phi) is 3.39. The molecule has 3 aromatic rings. The molecule has 0 amide bonds. The van der Waals surface area contributed by atoms with Gasteiger partial charge in [0.1, 0.15) is 5.69 Å². The molecule has 2 heterocycles. The van der Waals surface area contributed by atoms with E-state index in [2.05, 4.69) is 15.1 Å². The Labute approximate surface area is 122 Å². The Hall–Kier alpha value is -2.69. The van der Waals surface area contributed by atoms with E-state index < -0.39 is 0 Å². The minimum Gasteiger partial charge on any atom is -0.305 e. The van der Waals surface area contributed by atoms with E-state index in [4.69, 9.17) is 0 Å². The number of aromatic nitrogens is 4. The van der Waals surface area contributed by atoms with Crippen LogP contribution in [0.2, 0.25) is 0 Å². The zero-order valence-electron chi connectivity index (χ0n) is 12.0. The summed E-state index contributed by atoms with van der Waals surface area (Å²) in [6.45, 7) is 4.51. The molecule has 0 aliphatic carbocycles. The number of nitrogens with one attached hydrogen (secondary N) is 1. The molecule has 5 heteroatoms. The Morgan fingerprint density at radius 3 is 2.67 bits per heavy atom. The molecular formula is C16H16N4O. The molecule has 0 atom stereocenters. The smallest absolute Gasteiger partial charge is 0.254 e. The molecular weight excluding hydrogens is 264 g/mol. The number of rotatable bonds is 3. The fourth-order valence-corrected chi connectivity index (χ4v) is 2.32. The first kappa shape index (κ1) is 13.3. The lowest BCUT2D eigenvalue weighted by Gasteiger charge is -2.09.